The molecule has 4 nitrogen and oxygen atoms in total. The molecule has 0 radical (unpaired) electrons. The summed E-state index contributed by atoms with van der Waals surface area (Å²) in [5.74, 6) is 2.00. The van der Waals surface area contributed by atoms with Crippen LogP contribution in [-0.2, 0) is 0 Å². The Kier molecular flexibility index (Phi) is 5.52. The SMILES string of the molecule is CCOc1ccc(-c2cc(C(=O)N3C[C@H](C)C[C@@H](C)C3)c3ccccc3n2)cc1. The second-order valence-corrected chi connectivity index (χ2v) is 8.19. The quantitative estimate of drug-likeness (QED) is 0.599. The van der Waals surface area contributed by atoms with Crippen molar-refractivity contribution >= 4 is 16.8 Å². The predicted octanol–water partition coefficient (Wildman–Crippen LogP) is 5.42. The number of likely N-dealkylation sites (tertiary alicyclic amines) is 1. The average Bonchev–Trinajstić information content (AvgIpc) is 2.72. The van der Waals surface area contributed by atoms with Gasteiger partial charge in [0.15, 0.2) is 0 Å². The maximum Gasteiger partial charge on any atom is 0.254 e. The van der Waals surface area contributed by atoms with Crippen molar-refractivity contribution in [2.24, 2.45) is 11.8 Å². The lowest BCUT2D eigenvalue weighted by Gasteiger charge is -2.35. The molecule has 1 saturated heterocycles. The van der Waals surface area contributed by atoms with Crippen molar-refractivity contribution in [2.75, 3.05) is 19.7 Å². The summed E-state index contributed by atoms with van der Waals surface area (Å²) in [5.41, 5.74) is 3.38. The van der Waals surface area contributed by atoms with Crippen LogP contribution in [0.2, 0.25) is 0 Å². The second kappa shape index (κ2) is 8.24. The summed E-state index contributed by atoms with van der Waals surface area (Å²) >= 11 is 0. The highest BCUT2D eigenvalue weighted by Gasteiger charge is 2.27. The molecule has 1 aliphatic heterocycles. The van der Waals surface area contributed by atoms with Crippen molar-refractivity contribution in [1.82, 2.24) is 9.88 Å². The van der Waals surface area contributed by atoms with Crippen LogP contribution < -0.4 is 4.74 Å². The number of pyridine rings is 1. The number of carbonyl (C=O) groups is 1. The smallest absolute Gasteiger partial charge is 0.254 e. The van der Waals surface area contributed by atoms with Gasteiger partial charge in [0.25, 0.3) is 5.91 Å². The molecule has 2 aromatic carbocycles. The summed E-state index contributed by atoms with van der Waals surface area (Å²) < 4.78 is 5.55. The predicted molar refractivity (Wildman–Crippen MR) is 117 cm³/mol. The van der Waals surface area contributed by atoms with Gasteiger partial charge in [0, 0.05) is 24.0 Å². The van der Waals surface area contributed by atoms with Gasteiger partial charge in [-0.1, -0.05) is 32.0 Å². The molecule has 1 aliphatic rings. The molecule has 4 heteroatoms. The fraction of sp³-hybridized carbons (Fsp3) is 0.360. The van der Waals surface area contributed by atoms with Crippen molar-refractivity contribution in [3.05, 3.63) is 60.2 Å². The minimum Gasteiger partial charge on any atom is -0.494 e. The molecule has 0 saturated carbocycles. The van der Waals surface area contributed by atoms with E-state index in [-0.39, 0.29) is 5.91 Å². The van der Waals surface area contributed by atoms with Gasteiger partial charge in [0.1, 0.15) is 5.75 Å². The van der Waals surface area contributed by atoms with Gasteiger partial charge in [-0.05, 0) is 61.6 Å². The number of hydrogen-bond acceptors (Lipinski definition) is 3. The van der Waals surface area contributed by atoms with Crippen molar-refractivity contribution in [3.63, 3.8) is 0 Å². The number of aromatic nitrogens is 1. The number of ether oxygens (including phenoxy) is 1. The zero-order valence-electron chi connectivity index (χ0n) is 17.4. The highest BCUT2D eigenvalue weighted by molar-refractivity contribution is 6.07. The van der Waals surface area contributed by atoms with Crippen LogP contribution >= 0.6 is 0 Å². The lowest BCUT2D eigenvalue weighted by Crippen LogP contribution is -2.42. The van der Waals surface area contributed by atoms with Gasteiger partial charge >= 0.3 is 0 Å². The molecular weight excluding hydrogens is 360 g/mol. The van der Waals surface area contributed by atoms with Gasteiger partial charge in [0.2, 0.25) is 0 Å². The summed E-state index contributed by atoms with van der Waals surface area (Å²) in [4.78, 5) is 20.3. The van der Waals surface area contributed by atoms with Gasteiger partial charge in [-0.3, -0.25) is 4.79 Å². The first-order valence-corrected chi connectivity index (χ1v) is 10.5. The molecule has 0 bridgehead atoms. The van der Waals surface area contributed by atoms with Gasteiger partial charge in [0.05, 0.1) is 23.4 Å². The second-order valence-electron chi connectivity index (χ2n) is 8.19. The largest absolute Gasteiger partial charge is 0.494 e. The van der Waals surface area contributed by atoms with Crippen LogP contribution in [0.1, 0.15) is 37.6 Å². The zero-order valence-corrected chi connectivity index (χ0v) is 17.4. The van der Waals surface area contributed by atoms with Crippen LogP contribution in [0, 0.1) is 11.8 Å². The maximum atomic E-state index is 13.5. The number of piperidine rings is 1. The van der Waals surface area contributed by atoms with Crippen molar-refractivity contribution in [3.8, 4) is 17.0 Å². The Morgan fingerprint density at radius 1 is 1.07 bits per heavy atom. The Balaban J connectivity index is 1.75. The Morgan fingerprint density at radius 2 is 1.76 bits per heavy atom. The van der Waals surface area contributed by atoms with E-state index in [1.165, 1.54) is 6.42 Å². The molecule has 1 amide bonds. The molecule has 0 N–H and O–H groups in total. The lowest BCUT2D eigenvalue weighted by atomic mass is 9.91. The summed E-state index contributed by atoms with van der Waals surface area (Å²) in [6, 6.07) is 17.8. The minimum absolute atomic E-state index is 0.106. The molecule has 0 unspecified atom stereocenters. The van der Waals surface area contributed by atoms with Crippen LogP contribution in [0.25, 0.3) is 22.2 Å². The van der Waals surface area contributed by atoms with E-state index in [9.17, 15) is 4.79 Å². The Labute approximate surface area is 172 Å². The van der Waals surface area contributed by atoms with E-state index in [1.54, 1.807) is 0 Å². The number of amides is 1. The van der Waals surface area contributed by atoms with E-state index in [1.807, 2.05) is 66.4 Å². The topological polar surface area (TPSA) is 42.4 Å². The van der Waals surface area contributed by atoms with Gasteiger partial charge in [-0.25, -0.2) is 4.98 Å². The normalized spacial score (nSPS) is 19.3. The molecule has 29 heavy (non-hydrogen) atoms. The number of nitrogens with zero attached hydrogens (tertiary/aromatic N) is 2. The van der Waals surface area contributed by atoms with Gasteiger partial charge in [-0.15, -0.1) is 0 Å². The van der Waals surface area contributed by atoms with E-state index < -0.39 is 0 Å². The van der Waals surface area contributed by atoms with E-state index >= 15 is 0 Å². The monoisotopic (exact) mass is 388 g/mol. The fourth-order valence-corrected chi connectivity index (χ4v) is 4.39. The van der Waals surface area contributed by atoms with Gasteiger partial charge < -0.3 is 9.64 Å². The summed E-state index contributed by atoms with van der Waals surface area (Å²) in [5, 5.41) is 0.915. The highest BCUT2D eigenvalue weighted by Crippen LogP contribution is 2.29. The number of para-hydroxylation sites is 1. The molecular formula is C25H28N2O2. The third kappa shape index (κ3) is 4.12. The Morgan fingerprint density at radius 3 is 2.45 bits per heavy atom. The van der Waals surface area contributed by atoms with Crippen LogP contribution in [-0.4, -0.2) is 35.5 Å². The first-order chi connectivity index (χ1) is 14.0. The molecule has 0 spiro atoms. The molecule has 3 aromatic rings. The van der Waals surface area contributed by atoms with E-state index in [0.29, 0.717) is 18.4 Å². The summed E-state index contributed by atoms with van der Waals surface area (Å²) in [7, 11) is 0. The summed E-state index contributed by atoms with van der Waals surface area (Å²) in [6.07, 6.45) is 1.18. The molecule has 0 aliphatic carbocycles. The molecule has 150 valence electrons. The highest BCUT2D eigenvalue weighted by atomic mass is 16.5. The molecule has 4 rings (SSSR count). The zero-order chi connectivity index (χ0) is 20.4. The first kappa shape index (κ1) is 19.4. The standard InChI is InChI=1S/C25H28N2O2/c1-4-29-20-11-9-19(10-12-20)24-14-22(21-7-5-6-8-23(21)26-24)25(28)27-15-17(2)13-18(3)16-27/h5-12,14,17-18H,4,13,15-16H2,1-3H3/t17-,18-/m1/s1. The third-order valence-corrected chi connectivity index (χ3v) is 5.56. The Hall–Kier alpha value is -2.88. The van der Waals surface area contributed by atoms with Crippen LogP contribution in [0.4, 0.5) is 0 Å². The van der Waals surface area contributed by atoms with Crippen molar-refractivity contribution in [2.45, 2.75) is 27.2 Å². The number of benzene rings is 2. The van der Waals surface area contributed by atoms with Crippen molar-refractivity contribution < 1.29 is 9.53 Å². The molecule has 2 heterocycles. The maximum absolute atomic E-state index is 13.5. The fourth-order valence-electron chi connectivity index (χ4n) is 4.39. The Bertz CT molecular complexity index is 1000. The average molecular weight is 389 g/mol. The van der Waals surface area contributed by atoms with Gasteiger partial charge in [-0.2, -0.15) is 0 Å². The number of hydrogen-bond donors (Lipinski definition) is 0. The van der Waals surface area contributed by atoms with Crippen LogP contribution in [0.15, 0.2) is 54.6 Å². The lowest BCUT2D eigenvalue weighted by molar-refractivity contribution is 0.0625. The van der Waals surface area contributed by atoms with E-state index in [4.69, 9.17) is 9.72 Å². The minimum atomic E-state index is 0.106. The third-order valence-electron chi connectivity index (χ3n) is 5.56. The molecule has 2 atom stereocenters. The number of carbonyl (C=O) groups excluding carboxylic acids is 1. The van der Waals surface area contributed by atoms with Crippen LogP contribution in [0.5, 0.6) is 5.75 Å². The van der Waals surface area contributed by atoms with Crippen LogP contribution in [0.3, 0.4) is 0 Å². The first-order valence-electron chi connectivity index (χ1n) is 10.5. The number of fused-ring (bicyclic) bond motifs is 1. The van der Waals surface area contributed by atoms with E-state index in [2.05, 4.69) is 13.8 Å². The summed E-state index contributed by atoms with van der Waals surface area (Å²) in [6.45, 7) is 8.70. The van der Waals surface area contributed by atoms with E-state index in [0.717, 1.165) is 46.6 Å². The number of rotatable bonds is 4. The molecule has 1 aromatic heterocycles. The molecule has 1 fully saturated rings. The van der Waals surface area contributed by atoms with Crippen molar-refractivity contribution in [1.29, 1.82) is 0 Å².